The molecule has 0 bridgehead atoms. The van der Waals surface area contributed by atoms with E-state index in [0.29, 0.717) is 0 Å². The third-order valence-electron chi connectivity index (χ3n) is 6.24. The van der Waals surface area contributed by atoms with Crippen LogP contribution < -0.4 is 5.32 Å². The minimum Gasteiger partial charge on any atom is -0.315 e. The number of nitrogens with zero attached hydrogens (tertiary/aromatic N) is 2. The average Bonchev–Trinajstić information content (AvgIpc) is 2.51. The molecule has 21 heavy (non-hydrogen) atoms. The highest BCUT2D eigenvalue weighted by Crippen LogP contribution is 2.27. The summed E-state index contributed by atoms with van der Waals surface area (Å²) >= 11 is 0. The Balaban J connectivity index is 1.58. The number of likely N-dealkylation sites (tertiary alicyclic amines) is 2. The molecule has 3 saturated heterocycles. The van der Waals surface area contributed by atoms with Crippen LogP contribution in [0.1, 0.15) is 52.4 Å². The molecule has 3 rings (SSSR count). The molecule has 3 aliphatic heterocycles. The van der Waals surface area contributed by atoms with Gasteiger partial charge in [-0.1, -0.05) is 13.3 Å². The molecule has 1 N–H and O–H groups in total. The van der Waals surface area contributed by atoms with E-state index in [1.165, 1.54) is 77.8 Å². The van der Waals surface area contributed by atoms with Crippen molar-refractivity contribution < 1.29 is 0 Å². The normalized spacial score (nSPS) is 37.7. The average molecular weight is 293 g/mol. The van der Waals surface area contributed by atoms with E-state index in [9.17, 15) is 0 Å². The van der Waals surface area contributed by atoms with Crippen molar-refractivity contribution in [2.75, 3.05) is 39.3 Å². The molecule has 0 amide bonds. The molecule has 0 aromatic heterocycles. The topological polar surface area (TPSA) is 18.5 Å². The van der Waals surface area contributed by atoms with Crippen LogP contribution in [-0.4, -0.2) is 61.2 Å². The Morgan fingerprint density at radius 1 is 0.952 bits per heavy atom. The zero-order chi connectivity index (χ0) is 14.7. The molecule has 3 unspecified atom stereocenters. The van der Waals surface area contributed by atoms with Crippen LogP contribution in [0.15, 0.2) is 0 Å². The Hall–Kier alpha value is -0.120. The van der Waals surface area contributed by atoms with Crippen LogP contribution in [0, 0.1) is 11.8 Å². The van der Waals surface area contributed by atoms with E-state index >= 15 is 0 Å². The fourth-order valence-corrected chi connectivity index (χ4v) is 4.69. The molecule has 0 aliphatic carbocycles. The van der Waals surface area contributed by atoms with E-state index in [1.54, 1.807) is 0 Å². The SMILES string of the molecule is CC1CCN(CC2CCNCC2N2CCCCC2C)CC1. The van der Waals surface area contributed by atoms with Gasteiger partial charge in [-0.25, -0.2) is 0 Å². The largest absolute Gasteiger partial charge is 0.315 e. The van der Waals surface area contributed by atoms with Gasteiger partial charge in [-0.3, -0.25) is 4.90 Å². The molecule has 3 aliphatic rings. The molecule has 3 nitrogen and oxygen atoms in total. The van der Waals surface area contributed by atoms with Gasteiger partial charge >= 0.3 is 0 Å². The highest BCUT2D eigenvalue weighted by Gasteiger charge is 2.34. The molecule has 0 aromatic rings. The molecule has 0 saturated carbocycles. The van der Waals surface area contributed by atoms with Crippen molar-refractivity contribution in [1.82, 2.24) is 15.1 Å². The third kappa shape index (κ3) is 4.00. The predicted molar refractivity (Wildman–Crippen MR) is 89.6 cm³/mol. The molecular formula is C18H35N3. The maximum atomic E-state index is 3.67. The molecule has 0 radical (unpaired) electrons. The molecule has 3 heteroatoms. The number of hydrogen-bond acceptors (Lipinski definition) is 3. The minimum absolute atomic E-state index is 0.786. The van der Waals surface area contributed by atoms with Crippen molar-refractivity contribution >= 4 is 0 Å². The summed E-state index contributed by atoms with van der Waals surface area (Å²) in [7, 11) is 0. The fraction of sp³-hybridized carbons (Fsp3) is 1.00. The lowest BCUT2D eigenvalue weighted by atomic mass is 9.87. The molecule has 122 valence electrons. The van der Waals surface area contributed by atoms with E-state index in [2.05, 4.69) is 29.0 Å². The van der Waals surface area contributed by atoms with Crippen LogP contribution in [0.4, 0.5) is 0 Å². The van der Waals surface area contributed by atoms with Crippen molar-refractivity contribution in [3.8, 4) is 0 Å². The van der Waals surface area contributed by atoms with Crippen LogP contribution in [0.3, 0.4) is 0 Å². The Bertz CT molecular complexity index is 312. The Morgan fingerprint density at radius 2 is 1.76 bits per heavy atom. The minimum atomic E-state index is 0.786. The molecule has 3 heterocycles. The van der Waals surface area contributed by atoms with Crippen LogP contribution in [0.25, 0.3) is 0 Å². The molecule has 0 spiro atoms. The monoisotopic (exact) mass is 293 g/mol. The smallest absolute Gasteiger partial charge is 0.0264 e. The third-order valence-corrected chi connectivity index (χ3v) is 6.24. The summed E-state index contributed by atoms with van der Waals surface area (Å²) in [4.78, 5) is 5.60. The van der Waals surface area contributed by atoms with E-state index in [0.717, 1.165) is 23.9 Å². The molecule has 0 aromatic carbocycles. The summed E-state index contributed by atoms with van der Waals surface area (Å²) in [5.41, 5.74) is 0. The van der Waals surface area contributed by atoms with Gasteiger partial charge in [0, 0.05) is 25.2 Å². The van der Waals surface area contributed by atoms with Gasteiger partial charge in [-0.05, 0) is 77.0 Å². The van der Waals surface area contributed by atoms with Crippen molar-refractivity contribution in [3.05, 3.63) is 0 Å². The van der Waals surface area contributed by atoms with Crippen LogP contribution in [0.5, 0.6) is 0 Å². The number of rotatable bonds is 3. The van der Waals surface area contributed by atoms with Crippen LogP contribution in [-0.2, 0) is 0 Å². The fourth-order valence-electron chi connectivity index (χ4n) is 4.69. The second-order valence-corrected chi connectivity index (χ2v) is 7.89. The Kier molecular flexibility index (Phi) is 5.58. The zero-order valence-electron chi connectivity index (χ0n) is 14.2. The van der Waals surface area contributed by atoms with E-state index < -0.39 is 0 Å². The van der Waals surface area contributed by atoms with Crippen LogP contribution in [0.2, 0.25) is 0 Å². The van der Waals surface area contributed by atoms with E-state index in [1.807, 2.05) is 0 Å². The van der Waals surface area contributed by atoms with Gasteiger partial charge in [0.05, 0.1) is 0 Å². The standard InChI is InChI=1S/C18H35N3/c1-15-7-11-20(12-8-15)14-17-6-9-19-13-18(17)21-10-4-3-5-16(21)2/h15-19H,3-14H2,1-2H3. The Morgan fingerprint density at radius 3 is 2.52 bits per heavy atom. The lowest BCUT2D eigenvalue weighted by molar-refractivity contribution is 0.0341. The summed E-state index contributed by atoms with van der Waals surface area (Å²) in [5, 5.41) is 3.67. The van der Waals surface area contributed by atoms with Crippen LogP contribution >= 0.6 is 0 Å². The van der Waals surface area contributed by atoms with Crippen molar-refractivity contribution in [2.45, 2.75) is 64.5 Å². The second-order valence-electron chi connectivity index (χ2n) is 7.89. The first kappa shape index (κ1) is 15.8. The summed E-state index contributed by atoms with van der Waals surface area (Å²) in [6.45, 7) is 12.7. The van der Waals surface area contributed by atoms with Gasteiger partial charge in [0.15, 0.2) is 0 Å². The molecular weight excluding hydrogens is 258 g/mol. The first-order chi connectivity index (χ1) is 10.2. The Labute approximate surface area is 131 Å². The number of hydrogen-bond donors (Lipinski definition) is 1. The number of nitrogens with one attached hydrogen (secondary N) is 1. The summed E-state index contributed by atoms with van der Waals surface area (Å²) in [6.07, 6.45) is 8.46. The van der Waals surface area contributed by atoms with Gasteiger partial charge < -0.3 is 10.2 Å². The first-order valence-corrected chi connectivity index (χ1v) is 9.43. The predicted octanol–water partition coefficient (Wildman–Crippen LogP) is 2.57. The lowest BCUT2D eigenvalue weighted by Gasteiger charge is -2.47. The molecule has 3 fully saturated rings. The highest BCUT2D eigenvalue weighted by molar-refractivity contribution is 4.91. The van der Waals surface area contributed by atoms with Crippen molar-refractivity contribution in [2.24, 2.45) is 11.8 Å². The van der Waals surface area contributed by atoms with Gasteiger partial charge in [-0.15, -0.1) is 0 Å². The highest BCUT2D eigenvalue weighted by atomic mass is 15.2. The zero-order valence-corrected chi connectivity index (χ0v) is 14.2. The van der Waals surface area contributed by atoms with Gasteiger partial charge in [0.2, 0.25) is 0 Å². The maximum Gasteiger partial charge on any atom is 0.0264 e. The first-order valence-electron chi connectivity index (χ1n) is 9.43. The van der Waals surface area contributed by atoms with Gasteiger partial charge in [-0.2, -0.15) is 0 Å². The second kappa shape index (κ2) is 7.43. The summed E-state index contributed by atoms with van der Waals surface area (Å²) < 4.78 is 0. The summed E-state index contributed by atoms with van der Waals surface area (Å²) in [6, 6.07) is 1.58. The summed E-state index contributed by atoms with van der Waals surface area (Å²) in [5.74, 6) is 1.84. The number of piperidine rings is 3. The van der Waals surface area contributed by atoms with E-state index in [-0.39, 0.29) is 0 Å². The maximum absolute atomic E-state index is 3.67. The molecule has 3 atom stereocenters. The van der Waals surface area contributed by atoms with Gasteiger partial charge in [0.1, 0.15) is 0 Å². The van der Waals surface area contributed by atoms with E-state index in [4.69, 9.17) is 0 Å². The van der Waals surface area contributed by atoms with Gasteiger partial charge in [0.25, 0.3) is 0 Å². The quantitative estimate of drug-likeness (QED) is 0.863. The van der Waals surface area contributed by atoms with Crippen molar-refractivity contribution in [1.29, 1.82) is 0 Å². The lowest BCUT2D eigenvalue weighted by Crippen LogP contribution is -2.57. The van der Waals surface area contributed by atoms with Crippen molar-refractivity contribution in [3.63, 3.8) is 0 Å².